The second-order valence-electron chi connectivity index (χ2n) is 4.87. The Kier molecular flexibility index (Phi) is 4.97. The van der Waals surface area contributed by atoms with Gasteiger partial charge in [-0.3, -0.25) is 9.36 Å². The van der Waals surface area contributed by atoms with Gasteiger partial charge < -0.3 is 15.5 Å². The summed E-state index contributed by atoms with van der Waals surface area (Å²) in [5.74, 6) is -0.623. The number of amides is 1. The Morgan fingerprint density at radius 2 is 2.05 bits per heavy atom. The number of anilines is 1. The van der Waals surface area contributed by atoms with Crippen LogP contribution in [0.1, 0.15) is 13.8 Å². The summed E-state index contributed by atoms with van der Waals surface area (Å²) in [5.41, 5.74) is 7.47. The zero-order valence-electron chi connectivity index (χ0n) is 11.5. The molecule has 0 unspecified atom stereocenters. The van der Waals surface area contributed by atoms with Gasteiger partial charge in [-0.05, 0) is 24.1 Å². The highest BCUT2D eigenvalue weighted by atomic mass is 35.5. The molecule has 0 aliphatic rings. The predicted octanol–water partition coefficient (Wildman–Crippen LogP) is 1.48. The fourth-order valence-electron chi connectivity index (χ4n) is 1.73. The summed E-state index contributed by atoms with van der Waals surface area (Å²) >= 11 is 0. The van der Waals surface area contributed by atoms with Gasteiger partial charge in [-0.15, -0.1) is 12.4 Å². The molecule has 0 bridgehead atoms. The average molecular weight is 300 g/mol. The van der Waals surface area contributed by atoms with Crippen molar-refractivity contribution in [2.45, 2.75) is 19.9 Å². The quantitative estimate of drug-likeness (QED) is 0.898. The van der Waals surface area contributed by atoms with Gasteiger partial charge in [0.05, 0.1) is 11.6 Å². The first-order valence-corrected chi connectivity index (χ1v) is 6.06. The van der Waals surface area contributed by atoms with Crippen molar-refractivity contribution < 1.29 is 9.21 Å². The van der Waals surface area contributed by atoms with Crippen molar-refractivity contribution in [3.05, 3.63) is 28.7 Å². The number of carbonyl (C=O) groups is 1. The molecule has 1 heterocycles. The van der Waals surface area contributed by atoms with Gasteiger partial charge in [0.25, 0.3) is 0 Å². The van der Waals surface area contributed by atoms with Crippen LogP contribution in [0.15, 0.2) is 27.4 Å². The molecule has 1 aromatic carbocycles. The summed E-state index contributed by atoms with van der Waals surface area (Å²) in [5, 5.41) is 2.73. The minimum atomic E-state index is -0.566. The van der Waals surface area contributed by atoms with Crippen LogP contribution >= 0.6 is 12.4 Å². The minimum Gasteiger partial charge on any atom is -0.408 e. The summed E-state index contributed by atoms with van der Waals surface area (Å²) < 4.78 is 6.40. The van der Waals surface area contributed by atoms with E-state index in [9.17, 15) is 9.59 Å². The van der Waals surface area contributed by atoms with Crippen molar-refractivity contribution in [3.8, 4) is 0 Å². The first-order valence-electron chi connectivity index (χ1n) is 6.06. The Labute approximate surface area is 122 Å². The number of rotatable bonds is 3. The number of nitrogens with one attached hydrogen (secondary N) is 1. The molecule has 0 radical (unpaired) electrons. The molecule has 6 nitrogen and oxygen atoms in total. The maximum Gasteiger partial charge on any atom is 0.419 e. The molecule has 7 heteroatoms. The molecule has 2 aromatic rings. The third-order valence-electron chi connectivity index (χ3n) is 3.08. The van der Waals surface area contributed by atoms with Crippen molar-refractivity contribution >= 4 is 35.1 Å². The lowest BCUT2D eigenvalue weighted by Crippen LogP contribution is -2.39. The van der Waals surface area contributed by atoms with Gasteiger partial charge in [0.1, 0.15) is 0 Å². The highest BCUT2D eigenvalue weighted by molar-refractivity contribution is 5.96. The van der Waals surface area contributed by atoms with Crippen molar-refractivity contribution in [1.82, 2.24) is 4.57 Å². The summed E-state index contributed by atoms with van der Waals surface area (Å²) in [7, 11) is 1.61. The topological polar surface area (TPSA) is 90.3 Å². The smallest absolute Gasteiger partial charge is 0.408 e. The van der Waals surface area contributed by atoms with E-state index < -0.39 is 11.8 Å². The second kappa shape index (κ2) is 6.11. The van der Waals surface area contributed by atoms with E-state index in [0.29, 0.717) is 16.8 Å². The first kappa shape index (κ1) is 16.3. The predicted molar refractivity (Wildman–Crippen MR) is 80.1 cm³/mol. The number of nitrogens with two attached hydrogens (primary N) is 1. The lowest BCUT2D eigenvalue weighted by molar-refractivity contribution is -0.118. The van der Waals surface area contributed by atoms with Crippen molar-refractivity contribution in [2.75, 3.05) is 5.32 Å². The van der Waals surface area contributed by atoms with Crippen LogP contribution in [-0.2, 0) is 11.8 Å². The number of hydrogen-bond acceptors (Lipinski definition) is 4. The monoisotopic (exact) mass is 299 g/mol. The third kappa shape index (κ3) is 3.02. The van der Waals surface area contributed by atoms with Gasteiger partial charge in [0, 0.05) is 12.7 Å². The number of aryl methyl sites for hydroxylation is 1. The fourth-order valence-corrected chi connectivity index (χ4v) is 1.73. The van der Waals surface area contributed by atoms with Crippen LogP contribution in [0.4, 0.5) is 5.69 Å². The first-order chi connectivity index (χ1) is 8.90. The van der Waals surface area contributed by atoms with Crippen LogP contribution < -0.4 is 16.8 Å². The van der Waals surface area contributed by atoms with Gasteiger partial charge in [-0.25, -0.2) is 4.79 Å². The number of nitrogens with zero attached hydrogens (tertiary/aromatic N) is 1. The second-order valence-corrected chi connectivity index (χ2v) is 4.87. The molecule has 0 saturated carbocycles. The Balaban J connectivity index is 0.00000200. The van der Waals surface area contributed by atoms with Gasteiger partial charge in [-0.2, -0.15) is 0 Å². The third-order valence-corrected chi connectivity index (χ3v) is 3.08. The molecule has 0 aliphatic heterocycles. The molecule has 0 aliphatic carbocycles. The van der Waals surface area contributed by atoms with E-state index in [1.807, 2.05) is 13.8 Å². The number of aromatic nitrogens is 1. The van der Waals surface area contributed by atoms with Crippen molar-refractivity contribution in [3.63, 3.8) is 0 Å². The minimum absolute atomic E-state index is 0. The molecule has 1 atom stereocenters. The van der Waals surface area contributed by atoms with E-state index in [-0.39, 0.29) is 24.2 Å². The molecular weight excluding hydrogens is 282 g/mol. The van der Waals surface area contributed by atoms with Crippen molar-refractivity contribution in [1.29, 1.82) is 0 Å². The highest BCUT2D eigenvalue weighted by Crippen LogP contribution is 2.18. The summed E-state index contributed by atoms with van der Waals surface area (Å²) in [4.78, 5) is 23.2. The van der Waals surface area contributed by atoms with Crippen molar-refractivity contribution in [2.24, 2.45) is 18.7 Å². The highest BCUT2D eigenvalue weighted by Gasteiger charge is 2.17. The molecule has 20 heavy (non-hydrogen) atoms. The fraction of sp³-hybridized carbons (Fsp3) is 0.385. The lowest BCUT2D eigenvalue weighted by Gasteiger charge is -2.15. The molecular formula is C13H18ClN3O3. The SMILES string of the molecule is CC(C)[C@H](N)C(=O)Nc1ccc2oc(=O)n(C)c2c1.Cl. The van der Waals surface area contributed by atoms with E-state index in [4.69, 9.17) is 10.2 Å². The van der Waals surface area contributed by atoms with Gasteiger partial charge in [-0.1, -0.05) is 13.8 Å². The number of fused-ring (bicyclic) bond motifs is 1. The zero-order valence-corrected chi connectivity index (χ0v) is 12.4. The summed E-state index contributed by atoms with van der Waals surface area (Å²) in [6.07, 6.45) is 0. The largest absolute Gasteiger partial charge is 0.419 e. The Morgan fingerprint density at radius 3 is 2.65 bits per heavy atom. The number of oxazole rings is 1. The molecule has 1 aromatic heterocycles. The number of halogens is 1. The molecule has 0 spiro atoms. The van der Waals surface area contributed by atoms with E-state index in [1.165, 1.54) is 4.57 Å². The molecule has 3 N–H and O–H groups in total. The van der Waals surface area contributed by atoms with Gasteiger partial charge >= 0.3 is 5.76 Å². The molecule has 1 amide bonds. The van der Waals surface area contributed by atoms with E-state index in [0.717, 1.165) is 0 Å². The summed E-state index contributed by atoms with van der Waals surface area (Å²) in [6.45, 7) is 3.76. The van der Waals surface area contributed by atoms with E-state index in [2.05, 4.69) is 5.32 Å². The number of benzene rings is 1. The maximum absolute atomic E-state index is 11.9. The van der Waals surface area contributed by atoms with Crippen LogP contribution in [-0.4, -0.2) is 16.5 Å². The van der Waals surface area contributed by atoms with Gasteiger partial charge in [0.15, 0.2) is 5.58 Å². The van der Waals surface area contributed by atoms with Gasteiger partial charge in [0.2, 0.25) is 5.91 Å². The van der Waals surface area contributed by atoms with Crippen LogP contribution in [0.3, 0.4) is 0 Å². The number of hydrogen-bond donors (Lipinski definition) is 2. The standard InChI is InChI=1S/C13H17N3O3.ClH/c1-7(2)11(14)12(17)15-8-4-5-10-9(6-8)16(3)13(18)19-10;/h4-7,11H,14H2,1-3H3,(H,15,17);1H/t11-;/m0./s1. The average Bonchev–Trinajstić information content (AvgIpc) is 2.64. The zero-order chi connectivity index (χ0) is 14.2. The lowest BCUT2D eigenvalue weighted by atomic mass is 10.0. The summed E-state index contributed by atoms with van der Waals surface area (Å²) in [6, 6.07) is 4.44. The molecule has 2 rings (SSSR count). The van der Waals surface area contributed by atoms with E-state index >= 15 is 0 Å². The number of carbonyl (C=O) groups excluding carboxylic acids is 1. The Hall–Kier alpha value is -1.79. The Bertz CT molecular complexity index is 675. The Morgan fingerprint density at radius 1 is 1.40 bits per heavy atom. The van der Waals surface area contributed by atoms with Crippen LogP contribution in [0.25, 0.3) is 11.1 Å². The van der Waals surface area contributed by atoms with Crippen LogP contribution in [0.5, 0.6) is 0 Å². The molecule has 0 saturated heterocycles. The van der Waals surface area contributed by atoms with Crippen LogP contribution in [0.2, 0.25) is 0 Å². The normalized spacial score (nSPS) is 12.2. The molecule has 110 valence electrons. The maximum atomic E-state index is 11.9. The van der Waals surface area contributed by atoms with E-state index in [1.54, 1.807) is 25.2 Å². The van der Waals surface area contributed by atoms with Crippen LogP contribution in [0, 0.1) is 5.92 Å². The molecule has 0 fully saturated rings.